The highest BCUT2D eigenvalue weighted by Gasteiger charge is 2.05. The number of phenols is 1. The molecular weight excluding hydrogens is 242 g/mol. The summed E-state index contributed by atoms with van der Waals surface area (Å²) in [6.45, 7) is 0.422. The zero-order valence-electron chi connectivity index (χ0n) is 10.3. The third-order valence-electron chi connectivity index (χ3n) is 2.58. The fourth-order valence-electron chi connectivity index (χ4n) is 1.60. The highest BCUT2D eigenvalue weighted by Crippen LogP contribution is 2.23. The van der Waals surface area contributed by atoms with E-state index in [0.717, 1.165) is 5.56 Å². The van der Waals surface area contributed by atoms with Gasteiger partial charge >= 0.3 is 6.03 Å². The molecule has 0 atom stereocenters. The Hall–Kier alpha value is -2.69. The molecular formula is C14H15N3O2. The van der Waals surface area contributed by atoms with Crippen LogP contribution in [0.25, 0.3) is 0 Å². The number of aromatic hydroxyl groups is 1. The van der Waals surface area contributed by atoms with Crippen LogP contribution in [0.5, 0.6) is 5.75 Å². The first-order valence-corrected chi connectivity index (χ1v) is 5.82. The molecule has 0 aromatic heterocycles. The minimum absolute atomic E-state index is 0.0487. The molecule has 0 saturated heterocycles. The first-order valence-electron chi connectivity index (χ1n) is 5.82. The molecule has 0 heterocycles. The van der Waals surface area contributed by atoms with Gasteiger partial charge in [-0.1, -0.05) is 30.3 Å². The monoisotopic (exact) mass is 257 g/mol. The Morgan fingerprint density at radius 2 is 1.89 bits per heavy atom. The molecule has 0 unspecified atom stereocenters. The average Bonchev–Trinajstić information content (AvgIpc) is 2.42. The SMILES string of the molecule is Nc1ccc(O)cc1NC(=O)NCc1ccccc1. The van der Waals surface area contributed by atoms with Crippen molar-refractivity contribution in [3.05, 3.63) is 54.1 Å². The van der Waals surface area contributed by atoms with Crippen LogP contribution in [0.2, 0.25) is 0 Å². The van der Waals surface area contributed by atoms with Crippen molar-refractivity contribution in [2.45, 2.75) is 6.54 Å². The summed E-state index contributed by atoms with van der Waals surface area (Å²) in [6.07, 6.45) is 0. The number of hydrogen-bond donors (Lipinski definition) is 4. The van der Waals surface area contributed by atoms with Gasteiger partial charge in [-0.15, -0.1) is 0 Å². The summed E-state index contributed by atoms with van der Waals surface area (Å²) in [5, 5.41) is 14.6. The van der Waals surface area contributed by atoms with Crippen molar-refractivity contribution in [2.24, 2.45) is 0 Å². The number of rotatable bonds is 3. The maximum Gasteiger partial charge on any atom is 0.319 e. The van der Waals surface area contributed by atoms with Crippen molar-refractivity contribution >= 4 is 17.4 Å². The van der Waals surface area contributed by atoms with Crippen molar-refractivity contribution in [3.8, 4) is 5.75 Å². The van der Waals surface area contributed by atoms with Crippen LogP contribution in [-0.2, 0) is 6.54 Å². The van der Waals surface area contributed by atoms with Gasteiger partial charge in [-0.25, -0.2) is 4.79 Å². The molecule has 2 amide bonds. The van der Waals surface area contributed by atoms with E-state index in [1.165, 1.54) is 18.2 Å². The fourth-order valence-corrected chi connectivity index (χ4v) is 1.60. The quantitative estimate of drug-likeness (QED) is 0.502. The molecule has 0 bridgehead atoms. The lowest BCUT2D eigenvalue weighted by atomic mass is 10.2. The molecule has 0 aliphatic heterocycles. The van der Waals surface area contributed by atoms with E-state index in [2.05, 4.69) is 10.6 Å². The Balaban J connectivity index is 1.93. The Bertz CT molecular complexity index is 570. The van der Waals surface area contributed by atoms with Crippen molar-refractivity contribution in [2.75, 3.05) is 11.1 Å². The third kappa shape index (κ3) is 3.64. The number of urea groups is 1. The van der Waals surface area contributed by atoms with Gasteiger partial charge in [0.25, 0.3) is 0 Å². The molecule has 0 aliphatic carbocycles. The van der Waals surface area contributed by atoms with Gasteiger partial charge in [0.1, 0.15) is 5.75 Å². The lowest BCUT2D eigenvalue weighted by molar-refractivity contribution is 0.252. The van der Waals surface area contributed by atoms with E-state index in [-0.39, 0.29) is 11.8 Å². The Kier molecular flexibility index (Phi) is 3.87. The summed E-state index contributed by atoms with van der Waals surface area (Å²) in [5.41, 5.74) is 7.47. The number of nitrogen functional groups attached to an aromatic ring is 1. The molecule has 5 heteroatoms. The highest BCUT2D eigenvalue weighted by molar-refractivity contribution is 5.92. The number of hydrogen-bond acceptors (Lipinski definition) is 3. The maximum atomic E-state index is 11.7. The first-order chi connectivity index (χ1) is 9.15. The summed E-state index contributed by atoms with van der Waals surface area (Å²) in [5.74, 6) is 0.0487. The van der Waals surface area contributed by atoms with Gasteiger partial charge in [0, 0.05) is 12.6 Å². The van der Waals surface area contributed by atoms with Crippen LogP contribution in [0.15, 0.2) is 48.5 Å². The smallest absolute Gasteiger partial charge is 0.319 e. The lowest BCUT2D eigenvalue weighted by Crippen LogP contribution is -2.28. The number of benzene rings is 2. The van der Waals surface area contributed by atoms with Crippen LogP contribution in [0.4, 0.5) is 16.2 Å². The van der Waals surface area contributed by atoms with Gasteiger partial charge in [0.15, 0.2) is 0 Å². The number of phenolic OH excluding ortho intramolecular Hbond substituents is 1. The molecule has 0 spiro atoms. The molecule has 0 fully saturated rings. The molecule has 19 heavy (non-hydrogen) atoms. The van der Waals surface area contributed by atoms with E-state index >= 15 is 0 Å². The number of carbonyl (C=O) groups is 1. The van der Waals surface area contributed by atoms with Crippen LogP contribution >= 0.6 is 0 Å². The van der Waals surface area contributed by atoms with Gasteiger partial charge in [0.2, 0.25) is 0 Å². The van der Waals surface area contributed by atoms with Crippen LogP contribution in [0.1, 0.15) is 5.56 Å². The van der Waals surface area contributed by atoms with E-state index in [1.54, 1.807) is 0 Å². The van der Waals surface area contributed by atoms with Crippen molar-refractivity contribution < 1.29 is 9.90 Å². The Morgan fingerprint density at radius 3 is 2.63 bits per heavy atom. The normalized spacial score (nSPS) is 9.89. The maximum absolute atomic E-state index is 11.7. The molecule has 5 N–H and O–H groups in total. The Labute approximate surface area is 111 Å². The van der Waals surface area contributed by atoms with Crippen LogP contribution < -0.4 is 16.4 Å². The second-order valence-corrected chi connectivity index (χ2v) is 4.06. The second kappa shape index (κ2) is 5.77. The molecule has 0 radical (unpaired) electrons. The van der Waals surface area contributed by atoms with E-state index < -0.39 is 0 Å². The highest BCUT2D eigenvalue weighted by atomic mass is 16.3. The van der Waals surface area contributed by atoms with Crippen LogP contribution in [0.3, 0.4) is 0 Å². The second-order valence-electron chi connectivity index (χ2n) is 4.06. The van der Waals surface area contributed by atoms with E-state index in [0.29, 0.717) is 17.9 Å². The summed E-state index contributed by atoms with van der Waals surface area (Å²) in [4.78, 5) is 11.7. The molecule has 98 valence electrons. The predicted molar refractivity (Wildman–Crippen MR) is 74.8 cm³/mol. The number of nitrogens with one attached hydrogen (secondary N) is 2. The van der Waals surface area contributed by atoms with Crippen LogP contribution in [-0.4, -0.2) is 11.1 Å². The van der Waals surface area contributed by atoms with Crippen LogP contribution in [0, 0.1) is 0 Å². The lowest BCUT2D eigenvalue weighted by Gasteiger charge is -2.10. The van der Waals surface area contributed by atoms with Crippen molar-refractivity contribution in [3.63, 3.8) is 0 Å². The molecule has 0 saturated carbocycles. The number of carbonyl (C=O) groups excluding carboxylic acids is 1. The molecule has 0 aliphatic rings. The molecule has 2 aromatic carbocycles. The molecule has 2 aromatic rings. The fraction of sp³-hybridized carbons (Fsp3) is 0.0714. The van der Waals surface area contributed by atoms with Gasteiger partial charge in [-0.3, -0.25) is 0 Å². The summed E-state index contributed by atoms with van der Waals surface area (Å²) in [6, 6.07) is 13.6. The molecule has 5 nitrogen and oxygen atoms in total. The number of anilines is 2. The topological polar surface area (TPSA) is 87.4 Å². The minimum Gasteiger partial charge on any atom is -0.508 e. The first kappa shape index (κ1) is 12.8. The van der Waals surface area contributed by atoms with Gasteiger partial charge in [-0.05, 0) is 17.7 Å². The van der Waals surface area contributed by atoms with Gasteiger partial charge in [0.05, 0.1) is 11.4 Å². The third-order valence-corrected chi connectivity index (χ3v) is 2.58. The summed E-state index contributed by atoms with van der Waals surface area (Å²) in [7, 11) is 0. The molecule has 2 rings (SSSR count). The minimum atomic E-state index is -0.374. The number of amides is 2. The Morgan fingerprint density at radius 1 is 1.16 bits per heavy atom. The number of nitrogens with two attached hydrogens (primary N) is 1. The van der Waals surface area contributed by atoms with Crippen molar-refractivity contribution in [1.29, 1.82) is 0 Å². The zero-order chi connectivity index (χ0) is 13.7. The van der Waals surface area contributed by atoms with Gasteiger partial charge < -0.3 is 21.5 Å². The standard InChI is InChI=1S/C14H15N3O2/c15-12-7-6-11(18)8-13(12)17-14(19)16-9-10-4-2-1-3-5-10/h1-8,18H,9,15H2,(H2,16,17,19). The average molecular weight is 257 g/mol. The van der Waals surface area contributed by atoms with E-state index in [4.69, 9.17) is 5.73 Å². The predicted octanol–water partition coefficient (Wildman–Crippen LogP) is 2.30. The van der Waals surface area contributed by atoms with E-state index in [9.17, 15) is 9.90 Å². The summed E-state index contributed by atoms with van der Waals surface area (Å²) < 4.78 is 0. The zero-order valence-corrected chi connectivity index (χ0v) is 10.3. The summed E-state index contributed by atoms with van der Waals surface area (Å²) >= 11 is 0. The van der Waals surface area contributed by atoms with Crippen molar-refractivity contribution in [1.82, 2.24) is 5.32 Å². The largest absolute Gasteiger partial charge is 0.508 e. The van der Waals surface area contributed by atoms with Gasteiger partial charge in [-0.2, -0.15) is 0 Å². The van der Waals surface area contributed by atoms with E-state index in [1.807, 2.05) is 30.3 Å².